The van der Waals surface area contributed by atoms with Gasteiger partial charge in [-0.15, -0.1) is 0 Å². The molecule has 1 unspecified atom stereocenters. The number of nitrogens with two attached hydrogens (primary N) is 1. The summed E-state index contributed by atoms with van der Waals surface area (Å²) in [6, 6.07) is 17.3. The lowest BCUT2D eigenvalue weighted by Crippen LogP contribution is -2.46. The average Bonchev–Trinajstić information content (AvgIpc) is 2.89. The standard InChI is InChI=1S/C29H32N4O5S/c1-5-37-27-17-22(10-12-26(27)38-19(2)3)28(29(34)32-39(35,36)25-8-6-7-20(4)15-25)33(30)24-11-9-23-18-31-14-13-21(23)16-24/h6-19,28H,5,30H2,1-4H3,(H,32,34). The summed E-state index contributed by atoms with van der Waals surface area (Å²) in [5.41, 5.74) is 1.67. The number of hydrazine groups is 1. The highest BCUT2D eigenvalue weighted by Gasteiger charge is 2.31. The molecule has 0 aliphatic heterocycles. The lowest BCUT2D eigenvalue weighted by molar-refractivity contribution is -0.120. The van der Waals surface area contributed by atoms with E-state index in [1.54, 1.807) is 55.7 Å². The molecule has 0 saturated heterocycles. The third-order valence-electron chi connectivity index (χ3n) is 5.93. The minimum Gasteiger partial charge on any atom is -0.490 e. The number of ether oxygens (including phenoxy) is 2. The van der Waals surface area contributed by atoms with Crippen molar-refractivity contribution >= 4 is 32.4 Å². The largest absolute Gasteiger partial charge is 0.490 e. The van der Waals surface area contributed by atoms with E-state index in [4.69, 9.17) is 15.3 Å². The number of nitrogens with one attached hydrogen (secondary N) is 1. The number of fused-ring (bicyclic) bond motifs is 1. The second-order valence-corrected chi connectivity index (χ2v) is 11.0. The van der Waals surface area contributed by atoms with E-state index >= 15 is 0 Å². The molecule has 9 nitrogen and oxygen atoms in total. The third-order valence-corrected chi connectivity index (χ3v) is 7.27. The van der Waals surface area contributed by atoms with Gasteiger partial charge >= 0.3 is 0 Å². The highest BCUT2D eigenvalue weighted by Crippen LogP contribution is 2.35. The molecule has 1 amide bonds. The number of amides is 1. The Hall–Kier alpha value is -4.15. The Morgan fingerprint density at radius 1 is 1.03 bits per heavy atom. The number of nitrogens with zero attached hydrogens (tertiary/aromatic N) is 2. The fourth-order valence-corrected chi connectivity index (χ4v) is 5.26. The topological polar surface area (TPSA) is 124 Å². The lowest BCUT2D eigenvalue weighted by Gasteiger charge is -2.29. The van der Waals surface area contributed by atoms with E-state index in [1.165, 1.54) is 17.1 Å². The first-order valence-corrected chi connectivity index (χ1v) is 14.0. The van der Waals surface area contributed by atoms with Crippen molar-refractivity contribution in [3.63, 3.8) is 0 Å². The zero-order valence-electron chi connectivity index (χ0n) is 22.3. The fraction of sp³-hybridized carbons (Fsp3) is 0.241. The van der Waals surface area contributed by atoms with Gasteiger partial charge in [-0.3, -0.25) is 14.8 Å². The van der Waals surface area contributed by atoms with Crippen molar-refractivity contribution < 1.29 is 22.7 Å². The molecular formula is C29H32N4O5S. The minimum absolute atomic E-state index is 0.0212. The summed E-state index contributed by atoms with van der Waals surface area (Å²) in [6.45, 7) is 7.77. The van der Waals surface area contributed by atoms with Gasteiger partial charge < -0.3 is 9.47 Å². The molecule has 0 radical (unpaired) electrons. The van der Waals surface area contributed by atoms with E-state index in [0.29, 0.717) is 29.4 Å². The molecule has 39 heavy (non-hydrogen) atoms. The van der Waals surface area contributed by atoms with Gasteiger partial charge in [0.25, 0.3) is 15.9 Å². The van der Waals surface area contributed by atoms with Crippen LogP contribution in [0.2, 0.25) is 0 Å². The number of benzene rings is 3. The molecule has 0 aliphatic rings. The maximum Gasteiger partial charge on any atom is 0.264 e. The van der Waals surface area contributed by atoms with Crippen molar-refractivity contribution in [2.24, 2.45) is 5.84 Å². The summed E-state index contributed by atoms with van der Waals surface area (Å²) in [5.74, 6) is 6.67. The van der Waals surface area contributed by atoms with Gasteiger partial charge in [-0.05, 0) is 86.7 Å². The molecule has 10 heteroatoms. The summed E-state index contributed by atoms with van der Waals surface area (Å²) >= 11 is 0. The molecule has 1 heterocycles. The number of hydrogen-bond donors (Lipinski definition) is 2. The smallest absolute Gasteiger partial charge is 0.264 e. The summed E-state index contributed by atoms with van der Waals surface area (Å²) in [7, 11) is -4.18. The quantitative estimate of drug-likeness (QED) is 0.217. The van der Waals surface area contributed by atoms with Crippen LogP contribution in [-0.4, -0.2) is 32.0 Å². The number of aryl methyl sites for hydroxylation is 1. The molecule has 3 N–H and O–H groups in total. The van der Waals surface area contributed by atoms with Gasteiger partial charge in [-0.2, -0.15) is 0 Å². The van der Waals surface area contributed by atoms with Crippen LogP contribution in [0.3, 0.4) is 0 Å². The number of pyridine rings is 1. The summed E-state index contributed by atoms with van der Waals surface area (Å²) in [6.07, 6.45) is 3.28. The molecule has 4 aromatic rings. The molecule has 1 atom stereocenters. The van der Waals surface area contributed by atoms with Crippen molar-refractivity contribution in [2.45, 2.75) is 44.7 Å². The van der Waals surface area contributed by atoms with Crippen molar-refractivity contribution in [3.05, 3.63) is 90.3 Å². The Morgan fingerprint density at radius 2 is 1.82 bits per heavy atom. The Morgan fingerprint density at radius 3 is 2.54 bits per heavy atom. The van der Waals surface area contributed by atoms with Crippen LogP contribution in [0.4, 0.5) is 5.69 Å². The number of carbonyl (C=O) groups excluding carboxylic acids is 1. The number of carbonyl (C=O) groups is 1. The first-order chi connectivity index (χ1) is 18.6. The summed E-state index contributed by atoms with van der Waals surface area (Å²) in [4.78, 5) is 17.8. The predicted octanol–water partition coefficient (Wildman–Crippen LogP) is 4.66. The van der Waals surface area contributed by atoms with Crippen LogP contribution in [-0.2, 0) is 14.8 Å². The third kappa shape index (κ3) is 6.47. The zero-order valence-corrected chi connectivity index (χ0v) is 23.1. The van der Waals surface area contributed by atoms with Crippen molar-refractivity contribution in [1.82, 2.24) is 9.71 Å². The average molecular weight is 549 g/mol. The maximum absolute atomic E-state index is 13.7. The van der Waals surface area contributed by atoms with Gasteiger partial charge in [0.05, 0.1) is 23.3 Å². The molecule has 0 spiro atoms. The number of hydrogen-bond acceptors (Lipinski definition) is 8. The minimum atomic E-state index is -4.18. The zero-order chi connectivity index (χ0) is 28.2. The Labute approximate surface area is 228 Å². The Balaban J connectivity index is 1.78. The predicted molar refractivity (Wildman–Crippen MR) is 151 cm³/mol. The van der Waals surface area contributed by atoms with Crippen molar-refractivity contribution in [1.29, 1.82) is 0 Å². The number of anilines is 1. The van der Waals surface area contributed by atoms with Crippen LogP contribution < -0.4 is 25.0 Å². The number of aromatic nitrogens is 1. The van der Waals surface area contributed by atoms with E-state index in [2.05, 4.69) is 9.71 Å². The molecular weight excluding hydrogens is 516 g/mol. The molecule has 4 rings (SSSR count). The molecule has 1 aromatic heterocycles. The summed E-state index contributed by atoms with van der Waals surface area (Å²) < 4.78 is 40.2. The number of sulfonamides is 1. The Kier molecular flexibility index (Phi) is 8.37. The first kappa shape index (κ1) is 27.9. The summed E-state index contributed by atoms with van der Waals surface area (Å²) in [5, 5.41) is 3.00. The maximum atomic E-state index is 13.7. The van der Waals surface area contributed by atoms with Crippen LogP contribution in [0.5, 0.6) is 11.5 Å². The van der Waals surface area contributed by atoms with Crippen LogP contribution in [0.25, 0.3) is 10.8 Å². The van der Waals surface area contributed by atoms with Gasteiger partial charge in [0, 0.05) is 17.8 Å². The van der Waals surface area contributed by atoms with Gasteiger partial charge in [-0.25, -0.2) is 19.0 Å². The van der Waals surface area contributed by atoms with Crippen molar-refractivity contribution in [2.75, 3.05) is 11.6 Å². The van der Waals surface area contributed by atoms with E-state index in [9.17, 15) is 13.2 Å². The van der Waals surface area contributed by atoms with Crippen LogP contribution in [0.1, 0.15) is 37.9 Å². The van der Waals surface area contributed by atoms with Crippen LogP contribution >= 0.6 is 0 Å². The van der Waals surface area contributed by atoms with Crippen molar-refractivity contribution in [3.8, 4) is 11.5 Å². The van der Waals surface area contributed by atoms with E-state index in [0.717, 1.165) is 16.3 Å². The van der Waals surface area contributed by atoms with Gasteiger partial charge in [0.2, 0.25) is 0 Å². The van der Waals surface area contributed by atoms with Gasteiger partial charge in [0.15, 0.2) is 11.5 Å². The first-order valence-electron chi connectivity index (χ1n) is 12.5. The molecule has 0 saturated carbocycles. The van der Waals surface area contributed by atoms with Crippen LogP contribution in [0.15, 0.2) is 84.0 Å². The lowest BCUT2D eigenvalue weighted by atomic mass is 10.0. The van der Waals surface area contributed by atoms with Gasteiger partial charge in [-0.1, -0.05) is 24.3 Å². The highest BCUT2D eigenvalue weighted by molar-refractivity contribution is 7.90. The second-order valence-electron chi connectivity index (χ2n) is 9.31. The Bertz CT molecular complexity index is 1590. The fourth-order valence-electron chi connectivity index (χ4n) is 4.16. The monoisotopic (exact) mass is 548 g/mol. The molecule has 0 fully saturated rings. The second kappa shape index (κ2) is 11.7. The number of rotatable bonds is 10. The highest BCUT2D eigenvalue weighted by atomic mass is 32.2. The SMILES string of the molecule is CCOc1cc(C(C(=O)NS(=O)(=O)c2cccc(C)c2)N(N)c2ccc3cnccc3c2)ccc1OC(C)C. The van der Waals surface area contributed by atoms with Crippen LogP contribution in [0, 0.1) is 6.92 Å². The molecule has 3 aromatic carbocycles. The van der Waals surface area contributed by atoms with Gasteiger partial charge in [0.1, 0.15) is 6.04 Å². The van der Waals surface area contributed by atoms with E-state index in [1.807, 2.05) is 39.0 Å². The molecule has 0 bridgehead atoms. The molecule has 0 aliphatic carbocycles. The molecule has 204 valence electrons. The van der Waals surface area contributed by atoms with E-state index < -0.39 is 22.0 Å². The normalized spacial score (nSPS) is 12.3. The van der Waals surface area contributed by atoms with E-state index in [-0.39, 0.29) is 11.0 Å².